The van der Waals surface area contributed by atoms with Crippen LogP contribution in [-0.4, -0.2) is 15.5 Å². The first-order valence-electron chi connectivity index (χ1n) is 6.57. The van der Waals surface area contributed by atoms with Crippen LogP contribution in [0.2, 0.25) is 0 Å². The fraction of sp³-hybridized carbons (Fsp3) is 0.125. The highest BCUT2D eigenvalue weighted by Gasteiger charge is 2.24. The van der Waals surface area contributed by atoms with E-state index in [1.165, 1.54) is 13.2 Å². The molecule has 7 heteroatoms. The van der Waals surface area contributed by atoms with E-state index < -0.39 is 26.6 Å². The van der Waals surface area contributed by atoms with Gasteiger partial charge in [-0.2, -0.15) is 8.42 Å². The first kappa shape index (κ1) is 17.0. The summed E-state index contributed by atoms with van der Waals surface area (Å²) in [5.41, 5.74) is 0.769. The Morgan fingerprint density at radius 3 is 2.43 bits per heavy atom. The van der Waals surface area contributed by atoms with Crippen LogP contribution in [0.3, 0.4) is 0 Å². The van der Waals surface area contributed by atoms with Gasteiger partial charge in [-0.25, -0.2) is 8.78 Å². The molecule has 0 saturated heterocycles. The maximum atomic E-state index is 13.6. The summed E-state index contributed by atoms with van der Waals surface area (Å²) >= 11 is 0. The highest BCUT2D eigenvalue weighted by Crippen LogP contribution is 2.31. The number of ether oxygens (including phenoxy) is 1. The number of hydrogen-bond donors (Lipinski definition) is 0. The van der Waals surface area contributed by atoms with Crippen LogP contribution in [0.15, 0.2) is 47.4 Å². The molecule has 0 bridgehead atoms. The number of rotatable bonds is 5. The van der Waals surface area contributed by atoms with Gasteiger partial charge in [0.1, 0.15) is 16.5 Å². The highest BCUT2D eigenvalue weighted by atomic mass is 32.2. The summed E-state index contributed by atoms with van der Waals surface area (Å²) in [6.07, 6.45) is 3.58. The van der Waals surface area contributed by atoms with Crippen molar-refractivity contribution >= 4 is 16.2 Å². The van der Waals surface area contributed by atoms with E-state index in [9.17, 15) is 17.2 Å². The molecule has 0 aliphatic rings. The number of hydrogen-bond acceptors (Lipinski definition) is 4. The standard InChI is InChI=1S/C16H14F2O4S/c1-3-4-11-5-8-14(15(9-11)21-2)22-23(19,20)16-10-12(17)6-7-13(16)18/h3-10H,1-2H3/b4-3+. The molecule has 0 unspecified atom stereocenters. The predicted molar refractivity (Wildman–Crippen MR) is 81.9 cm³/mol. The van der Waals surface area contributed by atoms with Crippen LogP contribution in [0.4, 0.5) is 8.78 Å². The molecular weight excluding hydrogens is 326 g/mol. The Balaban J connectivity index is 2.43. The van der Waals surface area contributed by atoms with Gasteiger partial charge in [0.15, 0.2) is 11.5 Å². The molecule has 0 N–H and O–H groups in total. The van der Waals surface area contributed by atoms with Crippen LogP contribution in [-0.2, 0) is 10.1 Å². The lowest BCUT2D eigenvalue weighted by atomic mass is 10.2. The molecule has 0 aliphatic heterocycles. The summed E-state index contributed by atoms with van der Waals surface area (Å²) in [6.45, 7) is 1.83. The topological polar surface area (TPSA) is 52.6 Å². The van der Waals surface area contributed by atoms with Crippen molar-refractivity contribution in [3.63, 3.8) is 0 Å². The van der Waals surface area contributed by atoms with E-state index in [1.54, 1.807) is 24.3 Å². The Morgan fingerprint density at radius 1 is 1.04 bits per heavy atom. The van der Waals surface area contributed by atoms with Gasteiger partial charge >= 0.3 is 10.1 Å². The van der Waals surface area contributed by atoms with E-state index in [1.807, 2.05) is 6.92 Å². The van der Waals surface area contributed by atoms with Gasteiger partial charge in [-0.15, -0.1) is 0 Å². The molecule has 0 atom stereocenters. The highest BCUT2D eigenvalue weighted by molar-refractivity contribution is 7.87. The Hall–Kier alpha value is -2.41. The number of benzene rings is 2. The van der Waals surface area contributed by atoms with Gasteiger partial charge in [0.25, 0.3) is 0 Å². The molecule has 0 saturated carbocycles. The lowest BCUT2D eigenvalue weighted by molar-refractivity contribution is 0.389. The zero-order valence-electron chi connectivity index (χ0n) is 12.4. The van der Waals surface area contributed by atoms with Crippen LogP contribution in [0, 0.1) is 11.6 Å². The van der Waals surface area contributed by atoms with Crippen LogP contribution in [0.1, 0.15) is 12.5 Å². The molecular formula is C16H14F2O4S. The van der Waals surface area contributed by atoms with E-state index in [-0.39, 0.29) is 11.5 Å². The molecule has 0 amide bonds. The van der Waals surface area contributed by atoms with Crippen molar-refractivity contribution in [3.8, 4) is 11.5 Å². The second-order valence-electron chi connectivity index (χ2n) is 4.52. The van der Waals surface area contributed by atoms with Gasteiger partial charge in [-0.1, -0.05) is 18.2 Å². The molecule has 0 aromatic heterocycles. The second kappa shape index (κ2) is 6.78. The zero-order valence-corrected chi connectivity index (χ0v) is 13.2. The predicted octanol–water partition coefficient (Wildman–Crippen LogP) is 3.77. The van der Waals surface area contributed by atoms with Crippen molar-refractivity contribution in [3.05, 3.63) is 59.7 Å². The Morgan fingerprint density at radius 2 is 1.78 bits per heavy atom. The number of methoxy groups -OCH3 is 1. The average molecular weight is 340 g/mol. The van der Waals surface area contributed by atoms with E-state index in [0.717, 1.165) is 17.7 Å². The summed E-state index contributed by atoms with van der Waals surface area (Å²) in [4.78, 5) is -0.878. The quantitative estimate of drug-likeness (QED) is 0.778. The van der Waals surface area contributed by atoms with E-state index in [4.69, 9.17) is 8.92 Å². The molecule has 0 aliphatic carbocycles. The Kier molecular flexibility index (Phi) is 5.00. The lowest BCUT2D eigenvalue weighted by Gasteiger charge is -2.12. The van der Waals surface area contributed by atoms with Gasteiger partial charge < -0.3 is 8.92 Å². The molecule has 2 rings (SSSR count). The zero-order chi connectivity index (χ0) is 17.0. The third-order valence-electron chi connectivity index (χ3n) is 2.91. The summed E-state index contributed by atoms with van der Waals surface area (Å²) in [6, 6.07) is 6.65. The third-order valence-corrected chi connectivity index (χ3v) is 4.16. The maximum Gasteiger partial charge on any atom is 0.342 e. The number of allylic oxidation sites excluding steroid dienone is 1. The second-order valence-corrected chi connectivity index (χ2v) is 6.04. The molecule has 122 valence electrons. The molecule has 0 radical (unpaired) electrons. The van der Waals surface area contributed by atoms with Crippen LogP contribution in [0.5, 0.6) is 11.5 Å². The van der Waals surface area contributed by atoms with Crippen molar-refractivity contribution < 1.29 is 26.1 Å². The van der Waals surface area contributed by atoms with Gasteiger partial charge in [0, 0.05) is 0 Å². The summed E-state index contributed by atoms with van der Waals surface area (Å²) in [7, 11) is -3.19. The Bertz CT molecular complexity index is 845. The first-order chi connectivity index (χ1) is 10.9. The number of halogens is 2. The lowest BCUT2D eigenvalue weighted by Crippen LogP contribution is -2.12. The first-order valence-corrected chi connectivity index (χ1v) is 7.98. The molecule has 2 aromatic rings. The third kappa shape index (κ3) is 3.87. The molecule has 23 heavy (non-hydrogen) atoms. The Labute approximate surface area is 133 Å². The van der Waals surface area contributed by atoms with Crippen molar-refractivity contribution in [1.82, 2.24) is 0 Å². The van der Waals surface area contributed by atoms with Crippen LogP contribution < -0.4 is 8.92 Å². The van der Waals surface area contributed by atoms with Gasteiger partial charge in [-0.05, 0) is 42.8 Å². The summed E-state index contributed by atoms with van der Waals surface area (Å²) in [5, 5.41) is 0. The molecule has 0 spiro atoms. The van der Waals surface area contributed by atoms with Gasteiger partial charge in [0.05, 0.1) is 7.11 Å². The minimum Gasteiger partial charge on any atom is -0.493 e. The van der Waals surface area contributed by atoms with Crippen molar-refractivity contribution in [2.24, 2.45) is 0 Å². The average Bonchev–Trinajstić information content (AvgIpc) is 2.51. The molecule has 4 nitrogen and oxygen atoms in total. The summed E-state index contributed by atoms with van der Waals surface area (Å²) < 4.78 is 61.1. The van der Waals surface area contributed by atoms with Crippen molar-refractivity contribution in [1.29, 1.82) is 0 Å². The minimum absolute atomic E-state index is 0.121. The van der Waals surface area contributed by atoms with Gasteiger partial charge in [0.2, 0.25) is 0 Å². The molecule has 0 fully saturated rings. The smallest absolute Gasteiger partial charge is 0.342 e. The fourth-order valence-corrected chi connectivity index (χ4v) is 2.91. The fourth-order valence-electron chi connectivity index (χ4n) is 1.88. The van der Waals surface area contributed by atoms with Crippen molar-refractivity contribution in [2.45, 2.75) is 11.8 Å². The van der Waals surface area contributed by atoms with Crippen molar-refractivity contribution in [2.75, 3.05) is 7.11 Å². The SMILES string of the molecule is C/C=C/c1ccc(OS(=O)(=O)c2cc(F)ccc2F)c(OC)c1. The van der Waals surface area contributed by atoms with E-state index in [0.29, 0.717) is 6.07 Å². The maximum absolute atomic E-state index is 13.6. The monoisotopic (exact) mass is 340 g/mol. The minimum atomic E-state index is -4.54. The molecule has 2 aromatic carbocycles. The molecule has 0 heterocycles. The van der Waals surface area contributed by atoms with Crippen LogP contribution in [0.25, 0.3) is 6.08 Å². The largest absolute Gasteiger partial charge is 0.493 e. The normalized spacial score (nSPS) is 11.7. The van der Waals surface area contributed by atoms with E-state index in [2.05, 4.69) is 0 Å². The van der Waals surface area contributed by atoms with E-state index >= 15 is 0 Å². The van der Waals surface area contributed by atoms with Crippen LogP contribution >= 0.6 is 0 Å². The van der Waals surface area contributed by atoms with Gasteiger partial charge in [-0.3, -0.25) is 0 Å². The summed E-state index contributed by atoms with van der Waals surface area (Å²) in [5.74, 6) is -1.95.